The summed E-state index contributed by atoms with van der Waals surface area (Å²) in [6.45, 7) is 0.763. The quantitative estimate of drug-likeness (QED) is 0.695. The van der Waals surface area contributed by atoms with Crippen LogP contribution in [0.2, 0.25) is 0 Å². The standard InChI is InChI=1S/C17H16N4OS/c22-16(7-6-13-8-11-23-12-13)20-10-3-4-14(20)17-19-18-15-5-1-2-9-21(15)17/h1-2,5-9,11-12,14H,3-4,10H2/b7-6-/t14-/m0/s1. The molecule has 23 heavy (non-hydrogen) atoms. The van der Waals surface area contributed by atoms with Crippen molar-refractivity contribution in [1.29, 1.82) is 0 Å². The van der Waals surface area contributed by atoms with Crippen molar-refractivity contribution in [1.82, 2.24) is 19.5 Å². The van der Waals surface area contributed by atoms with E-state index in [-0.39, 0.29) is 11.9 Å². The molecular formula is C17H16N4OS. The van der Waals surface area contributed by atoms with Crippen LogP contribution in [-0.2, 0) is 4.79 Å². The van der Waals surface area contributed by atoms with E-state index in [4.69, 9.17) is 0 Å². The molecule has 0 bridgehead atoms. The number of carbonyl (C=O) groups excluding carboxylic acids is 1. The summed E-state index contributed by atoms with van der Waals surface area (Å²) in [5.74, 6) is 0.877. The van der Waals surface area contributed by atoms with Gasteiger partial charge in [0, 0.05) is 18.8 Å². The molecule has 6 heteroatoms. The van der Waals surface area contributed by atoms with Crippen molar-refractivity contribution in [2.75, 3.05) is 6.54 Å². The Hall–Kier alpha value is -2.47. The van der Waals surface area contributed by atoms with Crippen molar-refractivity contribution in [3.8, 4) is 0 Å². The Morgan fingerprint density at radius 1 is 1.30 bits per heavy atom. The second-order valence-electron chi connectivity index (χ2n) is 5.57. The number of thiophene rings is 1. The zero-order chi connectivity index (χ0) is 15.6. The lowest BCUT2D eigenvalue weighted by atomic mass is 10.2. The minimum absolute atomic E-state index is 0.00738. The van der Waals surface area contributed by atoms with Gasteiger partial charge in [-0.05, 0) is 53.4 Å². The molecule has 0 N–H and O–H groups in total. The molecule has 1 aliphatic rings. The van der Waals surface area contributed by atoms with Crippen molar-refractivity contribution >= 4 is 29.0 Å². The normalized spacial score (nSPS) is 18.3. The fraction of sp³-hybridized carbons (Fsp3) is 0.235. The van der Waals surface area contributed by atoms with E-state index in [9.17, 15) is 4.79 Å². The zero-order valence-corrected chi connectivity index (χ0v) is 13.3. The Labute approximate surface area is 137 Å². The Morgan fingerprint density at radius 3 is 3.13 bits per heavy atom. The third-order valence-corrected chi connectivity index (χ3v) is 4.84. The number of carbonyl (C=O) groups is 1. The number of likely N-dealkylation sites (tertiary alicyclic amines) is 1. The molecule has 0 aliphatic carbocycles. The predicted molar refractivity (Wildman–Crippen MR) is 90.0 cm³/mol. The van der Waals surface area contributed by atoms with Crippen molar-refractivity contribution < 1.29 is 4.79 Å². The summed E-state index contributed by atoms with van der Waals surface area (Å²) in [5.41, 5.74) is 1.88. The molecule has 1 amide bonds. The molecule has 0 saturated carbocycles. The number of amides is 1. The highest BCUT2D eigenvalue weighted by atomic mass is 32.1. The maximum atomic E-state index is 12.6. The number of aromatic nitrogens is 3. The van der Waals surface area contributed by atoms with Crippen LogP contribution >= 0.6 is 11.3 Å². The topological polar surface area (TPSA) is 50.5 Å². The lowest BCUT2D eigenvalue weighted by molar-refractivity contribution is -0.127. The van der Waals surface area contributed by atoms with Gasteiger partial charge in [0.15, 0.2) is 11.5 Å². The van der Waals surface area contributed by atoms with Gasteiger partial charge in [0.1, 0.15) is 0 Å². The first-order valence-electron chi connectivity index (χ1n) is 7.63. The summed E-state index contributed by atoms with van der Waals surface area (Å²) in [5, 5.41) is 12.5. The van der Waals surface area contributed by atoms with Gasteiger partial charge in [-0.3, -0.25) is 9.20 Å². The predicted octanol–water partition coefficient (Wildman–Crippen LogP) is 3.17. The highest BCUT2D eigenvalue weighted by molar-refractivity contribution is 7.08. The van der Waals surface area contributed by atoms with Crippen LogP contribution in [0.25, 0.3) is 11.7 Å². The van der Waals surface area contributed by atoms with Gasteiger partial charge in [0.2, 0.25) is 5.91 Å². The van der Waals surface area contributed by atoms with Crippen molar-refractivity contribution in [2.45, 2.75) is 18.9 Å². The summed E-state index contributed by atoms with van der Waals surface area (Å²) in [4.78, 5) is 14.5. The number of hydrogen-bond acceptors (Lipinski definition) is 4. The average molecular weight is 324 g/mol. The van der Waals surface area contributed by atoms with Gasteiger partial charge < -0.3 is 4.90 Å². The van der Waals surface area contributed by atoms with Crippen LogP contribution in [0.15, 0.2) is 47.3 Å². The number of pyridine rings is 1. The van der Waals surface area contributed by atoms with Crippen LogP contribution in [0.3, 0.4) is 0 Å². The maximum absolute atomic E-state index is 12.6. The van der Waals surface area contributed by atoms with Crippen LogP contribution in [0.4, 0.5) is 0 Å². The second-order valence-corrected chi connectivity index (χ2v) is 6.35. The molecular weight excluding hydrogens is 308 g/mol. The monoisotopic (exact) mass is 324 g/mol. The highest BCUT2D eigenvalue weighted by Gasteiger charge is 2.32. The van der Waals surface area contributed by atoms with Gasteiger partial charge in [-0.1, -0.05) is 6.07 Å². The van der Waals surface area contributed by atoms with Gasteiger partial charge >= 0.3 is 0 Å². The Bertz CT molecular complexity index is 852. The second kappa shape index (κ2) is 5.96. The number of rotatable bonds is 3. The molecule has 3 aromatic heterocycles. The molecule has 0 radical (unpaired) electrons. The number of fused-ring (bicyclic) bond motifs is 1. The van der Waals surface area contributed by atoms with Gasteiger partial charge in [-0.15, -0.1) is 10.2 Å². The molecule has 4 rings (SSSR count). The lowest BCUT2D eigenvalue weighted by Gasteiger charge is -2.22. The molecule has 0 unspecified atom stereocenters. The van der Waals surface area contributed by atoms with Crippen molar-refractivity contribution in [2.24, 2.45) is 0 Å². The summed E-state index contributed by atoms with van der Waals surface area (Å²) < 4.78 is 1.97. The van der Waals surface area contributed by atoms with E-state index in [1.807, 2.05) is 56.6 Å². The molecule has 5 nitrogen and oxygen atoms in total. The Balaban J connectivity index is 1.60. The van der Waals surface area contributed by atoms with E-state index in [2.05, 4.69) is 10.2 Å². The van der Waals surface area contributed by atoms with Gasteiger partial charge in [-0.25, -0.2) is 0 Å². The minimum atomic E-state index is -0.00738. The van der Waals surface area contributed by atoms with E-state index in [0.29, 0.717) is 0 Å². The Kier molecular flexibility index (Phi) is 3.67. The van der Waals surface area contributed by atoms with Gasteiger partial charge in [0.25, 0.3) is 0 Å². The molecule has 4 heterocycles. The fourth-order valence-electron chi connectivity index (χ4n) is 3.02. The van der Waals surface area contributed by atoms with E-state index in [1.54, 1.807) is 17.4 Å². The maximum Gasteiger partial charge on any atom is 0.247 e. The van der Waals surface area contributed by atoms with Crippen LogP contribution in [0, 0.1) is 0 Å². The molecule has 0 spiro atoms. The first kappa shape index (κ1) is 14.1. The smallest absolute Gasteiger partial charge is 0.247 e. The third kappa shape index (κ3) is 2.66. The molecule has 1 fully saturated rings. The summed E-state index contributed by atoms with van der Waals surface area (Å²) >= 11 is 1.63. The van der Waals surface area contributed by atoms with E-state index >= 15 is 0 Å². The first-order chi connectivity index (χ1) is 11.3. The van der Waals surface area contributed by atoms with E-state index in [0.717, 1.165) is 36.4 Å². The van der Waals surface area contributed by atoms with Gasteiger partial charge in [0.05, 0.1) is 6.04 Å². The third-order valence-electron chi connectivity index (χ3n) is 4.14. The lowest BCUT2D eigenvalue weighted by Crippen LogP contribution is -2.30. The summed E-state index contributed by atoms with van der Waals surface area (Å²) in [6, 6.07) is 7.81. The van der Waals surface area contributed by atoms with Crippen LogP contribution < -0.4 is 0 Å². The molecule has 1 aliphatic heterocycles. The van der Waals surface area contributed by atoms with E-state index < -0.39 is 0 Å². The summed E-state index contributed by atoms with van der Waals surface area (Å²) in [7, 11) is 0. The average Bonchev–Trinajstić information content (AvgIpc) is 3.31. The SMILES string of the molecule is O=C(/C=C\c1ccsc1)N1CCC[C@H]1c1nnc2ccccn12. The Morgan fingerprint density at radius 2 is 2.26 bits per heavy atom. The summed E-state index contributed by atoms with van der Waals surface area (Å²) in [6.07, 6.45) is 7.39. The van der Waals surface area contributed by atoms with Crippen LogP contribution in [-0.4, -0.2) is 31.9 Å². The number of hydrogen-bond donors (Lipinski definition) is 0. The van der Waals surface area contributed by atoms with Crippen molar-refractivity contribution in [3.63, 3.8) is 0 Å². The fourth-order valence-corrected chi connectivity index (χ4v) is 3.65. The molecule has 3 aromatic rings. The molecule has 0 aromatic carbocycles. The van der Waals surface area contributed by atoms with E-state index in [1.165, 1.54) is 0 Å². The zero-order valence-electron chi connectivity index (χ0n) is 12.5. The number of nitrogens with zero attached hydrogens (tertiary/aromatic N) is 4. The minimum Gasteiger partial charge on any atom is -0.329 e. The molecule has 116 valence electrons. The van der Waals surface area contributed by atoms with Gasteiger partial charge in [-0.2, -0.15) is 11.3 Å². The molecule has 1 saturated heterocycles. The largest absolute Gasteiger partial charge is 0.329 e. The van der Waals surface area contributed by atoms with Crippen LogP contribution in [0.5, 0.6) is 0 Å². The highest BCUT2D eigenvalue weighted by Crippen LogP contribution is 2.31. The van der Waals surface area contributed by atoms with Crippen molar-refractivity contribution in [3.05, 3.63) is 58.7 Å². The first-order valence-corrected chi connectivity index (χ1v) is 8.58. The van der Waals surface area contributed by atoms with Crippen LogP contribution in [0.1, 0.15) is 30.3 Å². The molecule has 1 atom stereocenters.